The van der Waals surface area contributed by atoms with E-state index in [1.807, 2.05) is 12.1 Å². The summed E-state index contributed by atoms with van der Waals surface area (Å²) < 4.78 is 10.7. The molecule has 1 atom stereocenters. The maximum atomic E-state index is 13.4. The fourth-order valence-electron chi connectivity index (χ4n) is 4.32. The fraction of sp³-hybridized carbons (Fsp3) is 0.214. The average Bonchev–Trinajstić information content (AvgIpc) is 3.13. The van der Waals surface area contributed by atoms with Gasteiger partial charge >= 0.3 is 0 Å². The summed E-state index contributed by atoms with van der Waals surface area (Å²) in [5.41, 5.74) is 1.98. The number of Topliss-reactive ketones (excluding diaryl/α,β-unsaturated/α-hetero) is 1. The first-order chi connectivity index (χ1) is 17.2. The zero-order valence-electron chi connectivity index (χ0n) is 20.3. The van der Waals surface area contributed by atoms with Crippen LogP contribution in [0.4, 0.5) is 5.69 Å². The van der Waals surface area contributed by atoms with Gasteiger partial charge in [0, 0.05) is 11.8 Å². The third-order valence-electron chi connectivity index (χ3n) is 6.20. The molecule has 2 N–H and O–H groups in total. The average molecular weight is 508 g/mol. The molecule has 7 nitrogen and oxygen atoms in total. The summed E-state index contributed by atoms with van der Waals surface area (Å²) in [7, 11) is 2.82. The number of anilines is 1. The van der Waals surface area contributed by atoms with Crippen molar-refractivity contribution in [1.82, 2.24) is 0 Å². The Morgan fingerprint density at radius 1 is 0.972 bits per heavy atom. The minimum atomic E-state index is -1.01. The number of nitrogens with zero attached hydrogens (tertiary/aromatic N) is 1. The monoisotopic (exact) mass is 507 g/mol. The second-order valence-electron chi connectivity index (χ2n) is 8.70. The van der Waals surface area contributed by atoms with Crippen LogP contribution in [0.15, 0.2) is 66.2 Å². The van der Waals surface area contributed by atoms with Gasteiger partial charge in [0.15, 0.2) is 0 Å². The molecule has 1 heterocycles. The van der Waals surface area contributed by atoms with Crippen molar-refractivity contribution in [3.63, 3.8) is 0 Å². The molecule has 1 unspecified atom stereocenters. The van der Waals surface area contributed by atoms with Gasteiger partial charge in [-0.15, -0.1) is 0 Å². The molecule has 0 aliphatic carbocycles. The van der Waals surface area contributed by atoms with Crippen molar-refractivity contribution >= 4 is 34.7 Å². The number of rotatable bonds is 6. The highest BCUT2D eigenvalue weighted by Crippen LogP contribution is 2.45. The Morgan fingerprint density at radius 2 is 1.64 bits per heavy atom. The molecule has 0 aromatic heterocycles. The highest BCUT2D eigenvalue weighted by molar-refractivity contribution is 6.51. The molecule has 186 valence electrons. The second-order valence-corrected chi connectivity index (χ2v) is 9.10. The molecule has 0 radical (unpaired) electrons. The molecule has 0 bridgehead atoms. The first kappa shape index (κ1) is 25.1. The van der Waals surface area contributed by atoms with Gasteiger partial charge < -0.3 is 19.7 Å². The van der Waals surface area contributed by atoms with Crippen LogP contribution in [0.5, 0.6) is 17.2 Å². The van der Waals surface area contributed by atoms with Gasteiger partial charge in [-0.1, -0.05) is 49.7 Å². The highest BCUT2D eigenvalue weighted by Gasteiger charge is 2.47. The van der Waals surface area contributed by atoms with Crippen LogP contribution < -0.4 is 14.4 Å². The van der Waals surface area contributed by atoms with Crippen LogP contribution in [-0.2, 0) is 9.59 Å². The first-order valence-electron chi connectivity index (χ1n) is 11.3. The largest absolute Gasteiger partial charge is 0.508 e. The lowest BCUT2D eigenvalue weighted by Crippen LogP contribution is -2.29. The van der Waals surface area contributed by atoms with Crippen molar-refractivity contribution < 1.29 is 29.3 Å². The second kappa shape index (κ2) is 9.95. The zero-order valence-corrected chi connectivity index (χ0v) is 21.0. The Labute approximate surface area is 214 Å². The lowest BCUT2D eigenvalue weighted by Gasteiger charge is -2.26. The predicted molar refractivity (Wildman–Crippen MR) is 138 cm³/mol. The molecule has 1 saturated heterocycles. The standard InChI is InChI=1S/C28H26ClNO6/c1-15(2)16-8-10-18(11-9-16)30-25(17-6-5-7-19(31)12-17)24(27(33)28(30)34)26(32)20-13-23(36-4)21(29)14-22(20)35-3/h5-15,25,31-32H,1-4H3/b26-24+. The third kappa shape index (κ3) is 4.38. The number of methoxy groups -OCH3 is 2. The van der Waals surface area contributed by atoms with Gasteiger partial charge in [-0.3, -0.25) is 14.5 Å². The molecule has 0 saturated carbocycles. The van der Waals surface area contributed by atoms with E-state index in [0.717, 1.165) is 5.56 Å². The van der Waals surface area contributed by atoms with E-state index < -0.39 is 23.5 Å². The van der Waals surface area contributed by atoms with E-state index in [-0.39, 0.29) is 39.3 Å². The Morgan fingerprint density at radius 3 is 2.22 bits per heavy atom. The molecule has 1 aliphatic rings. The molecule has 36 heavy (non-hydrogen) atoms. The van der Waals surface area contributed by atoms with Crippen LogP contribution in [-0.4, -0.2) is 36.1 Å². The number of hydrogen-bond acceptors (Lipinski definition) is 6. The minimum absolute atomic E-state index is 0.0426. The van der Waals surface area contributed by atoms with Crippen LogP contribution in [0.2, 0.25) is 5.02 Å². The summed E-state index contributed by atoms with van der Waals surface area (Å²) in [5, 5.41) is 21.9. The lowest BCUT2D eigenvalue weighted by molar-refractivity contribution is -0.132. The molecule has 8 heteroatoms. The Balaban J connectivity index is 1.97. The number of benzene rings is 3. The Kier molecular flexibility index (Phi) is 6.95. The van der Waals surface area contributed by atoms with Crippen LogP contribution in [0.1, 0.15) is 42.5 Å². The minimum Gasteiger partial charge on any atom is -0.508 e. The van der Waals surface area contributed by atoms with Gasteiger partial charge in [-0.2, -0.15) is 0 Å². The molecule has 3 aromatic carbocycles. The van der Waals surface area contributed by atoms with E-state index in [4.69, 9.17) is 21.1 Å². The molecule has 0 spiro atoms. The van der Waals surface area contributed by atoms with Crippen LogP contribution >= 0.6 is 11.6 Å². The lowest BCUT2D eigenvalue weighted by atomic mass is 9.94. The van der Waals surface area contributed by atoms with Crippen LogP contribution in [0, 0.1) is 0 Å². The number of hydrogen-bond donors (Lipinski definition) is 2. The summed E-state index contributed by atoms with van der Waals surface area (Å²) in [5.74, 6) is -1.43. The van der Waals surface area contributed by atoms with E-state index in [2.05, 4.69) is 13.8 Å². The maximum Gasteiger partial charge on any atom is 0.300 e. The number of phenols is 1. The van der Waals surface area contributed by atoms with Crippen molar-refractivity contribution in [2.45, 2.75) is 25.8 Å². The number of aromatic hydroxyl groups is 1. The van der Waals surface area contributed by atoms with Crippen molar-refractivity contribution in [2.24, 2.45) is 0 Å². The fourth-order valence-corrected chi connectivity index (χ4v) is 4.55. The number of ether oxygens (including phenoxy) is 2. The quantitative estimate of drug-likeness (QED) is 0.248. The number of carbonyl (C=O) groups excluding carboxylic acids is 2. The molecule has 4 rings (SSSR count). The van der Waals surface area contributed by atoms with Crippen molar-refractivity contribution in [3.05, 3.63) is 87.9 Å². The molecular formula is C28H26ClNO6. The van der Waals surface area contributed by atoms with E-state index in [1.165, 1.54) is 43.4 Å². The number of ketones is 1. The van der Waals surface area contributed by atoms with Gasteiger partial charge in [0.25, 0.3) is 11.7 Å². The molecular weight excluding hydrogens is 482 g/mol. The molecule has 1 aliphatic heterocycles. The number of phenolic OH excluding ortho intramolecular Hbond substituents is 1. The van der Waals surface area contributed by atoms with E-state index in [0.29, 0.717) is 11.3 Å². The zero-order chi connectivity index (χ0) is 26.1. The first-order valence-corrected chi connectivity index (χ1v) is 11.7. The maximum absolute atomic E-state index is 13.4. The summed E-state index contributed by atoms with van der Waals surface area (Å²) in [6.45, 7) is 4.11. The smallest absolute Gasteiger partial charge is 0.300 e. The van der Waals surface area contributed by atoms with Crippen molar-refractivity contribution in [2.75, 3.05) is 19.1 Å². The number of aliphatic hydroxyl groups is 1. The Hall–Kier alpha value is -3.97. The summed E-state index contributed by atoms with van der Waals surface area (Å²) in [6, 6.07) is 15.5. The van der Waals surface area contributed by atoms with Crippen molar-refractivity contribution in [1.29, 1.82) is 0 Å². The number of aliphatic hydroxyl groups excluding tert-OH is 1. The number of carbonyl (C=O) groups is 2. The van der Waals surface area contributed by atoms with Crippen molar-refractivity contribution in [3.8, 4) is 17.2 Å². The van der Waals surface area contributed by atoms with E-state index >= 15 is 0 Å². The van der Waals surface area contributed by atoms with E-state index in [1.54, 1.807) is 24.3 Å². The topological polar surface area (TPSA) is 96.3 Å². The molecule has 3 aromatic rings. The predicted octanol–water partition coefficient (Wildman–Crippen LogP) is 5.81. The number of halogens is 1. The van der Waals surface area contributed by atoms with Gasteiger partial charge in [-0.05, 0) is 47.4 Å². The Bertz CT molecular complexity index is 1360. The van der Waals surface area contributed by atoms with Crippen LogP contribution in [0.3, 0.4) is 0 Å². The number of amides is 1. The molecule has 1 fully saturated rings. The van der Waals surface area contributed by atoms with Gasteiger partial charge in [0.2, 0.25) is 0 Å². The van der Waals surface area contributed by atoms with E-state index in [9.17, 15) is 19.8 Å². The summed E-state index contributed by atoms with van der Waals surface area (Å²) in [6.07, 6.45) is 0. The summed E-state index contributed by atoms with van der Waals surface area (Å²) in [4.78, 5) is 28.1. The SMILES string of the molecule is COc1cc(/C(O)=C2\C(=O)C(=O)N(c3ccc(C(C)C)cc3)C2c2cccc(O)c2)c(OC)cc1Cl. The van der Waals surface area contributed by atoms with Gasteiger partial charge in [0.1, 0.15) is 23.0 Å². The van der Waals surface area contributed by atoms with Gasteiger partial charge in [-0.25, -0.2) is 0 Å². The molecule has 1 amide bonds. The van der Waals surface area contributed by atoms with Crippen LogP contribution in [0.25, 0.3) is 5.76 Å². The van der Waals surface area contributed by atoms with Gasteiger partial charge in [0.05, 0.1) is 36.4 Å². The normalized spacial score (nSPS) is 17.1. The summed E-state index contributed by atoms with van der Waals surface area (Å²) >= 11 is 6.22. The highest BCUT2D eigenvalue weighted by atomic mass is 35.5. The third-order valence-corrected chi connectivity index (χ3v) is 6.49.